The van der Waals surface area contributed by atoms with E-state index in [1.807, 2.05) is 0 Å². The number of hydrogen-bond acceptors (Lipinski definition) is 1. The summed E-state index contributed by atoms with van der Waals surface area (Å²) in [5.74, 6) is -0.425. The van der Waals surface area contributed by atoms with Gasteiger partial charge in [0, 0.05) is 10.0 Å². The highest BCUT2D eigenvalue weighted by Crippen LogP contribution is 2.15. The zero-order valence-corrected chi connectivity index (χ0v) is 6.60. The minimum atomic E-state index is -0.425. The number of aliphatic hydroxyl groups excluding tert-OH is 1. The molecule has 3 heteroatoms. The maximum absolute atomic E-state index is 12.6. The van der Waals surface area contributed by atoms with Gasteiger partial charge in [-0.15, -0.1) is 0 Å². The highest BCUT2D eigenvalue weighted by Gasteiger charge is 1.99. The van der Waals surface area contributed by atoms with Crippen molar-refractivity contribution in [2.45, 2.75) is 0 Å². The maximum Gasteiger partial charge on any atom is 0.129 e. The summed E-state index contributed by atoms with van der Waals surface area (Å²) in [6.45, 7) is 0.736. The van der Waals surface area contributed by atoms with E-state index in [2.05, 4.69) is 15.9 Å². The van der Waals surface area contributed by atoms with E-state index in [0.29, 0.717) is 0 Å². The summed E-state index contributed by atoms with van der Waals surface area (Å²) < 4.78 is 13.3. The predicted molar refractivity (Wildman–Crippen MR) is 39.4 cm³/mol. The molecule has 1 rings (SSSR count). The molecule has 1 nitrogen and oxygen atoms in total. The normalized spacial score (nSPS) is 9.90. The molecular weight excluding hydrogens is 199 g/mol. The second-order valence-corrected chi connectivity index (χ2v) is 2.71. The lowest BCUT2D eigenvalue weighted by Gasteiger charge is -1.96. The molecule has 0 bridgehead atoms. The Kier molecular flexibility index (Phi) is 2.40. The van der Waals surface area contributed by atoms with Gasteiger partial charge in [-0.05, 0) is 18.2 Å². The Morgan fingerprint density at radius 3 is 2.70 bits per heavy atom. The maximum atomic E-state index is 12.6. The summed E-state index contributed by atoms with van der Waals surface area (Å²) in [4.78, 5) is 0. The van der Waals surface area contributed by atoms with Crippen molar-refractivity contribution in [1.29, 1.82) is 0 Å². The lowest BCUT2D eigenvalue weighted by Crippen LogP contribution is -1.85. The Bertz CT molecular complexity index is 237. The largest absolute Gasteiger partial charge is 0.385 e. The van der Waals surface area contributed by atoms with Gasteiger partial charge in [-0.25, -0.2) is 4.39 Å². The van der Waals surface area contributed by atoms with Crippen molar-refractivity contribution in [1.82, 2.24) is 0 Å². The Labute approximate surface area is 66.6 Å². The third-order valence-electron chi connectivity index (χ3n) is 1.10. The lowest BCUT2D eigenvalue weighted by molar-refractivity contribution is 0.407. The summed E-state index contributed by atoms with van der Waals surface area (Å²) in [6, 6.07) is 4.35. The second-order valence-electron chi connectivity index (χ2n) is 1.79. The van der Waals surface area contributed by atoms with Crippen molar-refractivity contribution in [2.24, 2.45) is 0 Å². The topological polar surface area (TPSA) is 20.2 Å². The fraction of sp³-hybridized carbons (Fsp3) is 0. The monoisotopic (exact) mass is 203 g/mol. The summed E-state index contributed by atoms with van der Waals surface area (Å²) in [5, 5.41) is 8.46. The smallest absolute Gasteiger partial charge is 0.129 e. The lowest BCUT2D eigenvalue weighted by atomic mass is 10.2. The molecule has 0 amide bonds. The molecule has 0 saturated carbocycles. The SMILES string of the molecule is O[CH]c1cc(Br)ccc1F. The first-order valence-electron chi connectivity index (χ1n) is 2.66. The van der Waals surface area contributed by atoms with Gasteiger partial charge < -0.3 is 5.11 Å². The van der Waals surface area contributed by atoms with Crippen molar-refractivity contribution >= 4 is 15.9 Å². The molecule has 0 aliphatic heterocycles. The number of halogens is 2. The minimum Gasteiger partial charge on any atom is -0.385 e. The number of rotatable bonds is 1. The molecule has 0 aromatic heterocycles. The van der Waals surface area contributed by atoms with Crippen LogP contribution in [0.3, 0.4) is 0 Å². The van der Waals surface area contributed by atoms with E-state index in [1.165, 1.54) is 12.1 Å². The van der Waals surface area contributed by atoms with E-state index in [9.17, 15) is 4.39 Å². The molecule has 0 heterocycles. The summed E-state index contributed by atoms with van der Waals surface area (Å²) in [7, 11) is 0. The van der Waals surface area contributed by atoms with Crippen molar-refractivity contribution in [2.75, 3.05) is 0 Å². The van der Waals surface area contributed by atoms with E-state index >= 15 is 0 Å². The fourth-order valence-electron chi connectivity index (χ4n) is 0.614. The molecule has 0 fully saturated rings. The molecule has 1 aromatic carbocycles. The third-order valence-corrected chi connectivity index (χ3v) is 1.59. The standard InChI is InChI=1S/C7H5BrFO/c8-6-1-2-7(9)5(3-6)4-10/h1-4,10H. The van der Waals surface area contributed by atoms with Gasteiger partial charge in [-0.1, -0.05) is 15.9 Å². The van der Waals surface area contributed by atoms with Crippen molar-refractivity contribution in [3.05, 3.63) is 40.7 Å². The van der Waals surface area contributed by atoms with Crippen LogP contribution in [0.25, 0.3) is 0 Å². The van der Waals surface area contributed by atoms with Crippen LogP contribution in [-0.4, -0.2) is 5.11 Å². The van der Waals surface area contributed by atoms with Gasteiger partial charge in [0.25, 0.3) is 0 Å². The van der Waals surface area contributed by atoms with Gasteiger partial charge in [-0.2, -0.15) is 0 Å². The summed E-state index contributed by atoms with van der Waals surface area (Å²) in [5.41, 5.74) is 0.189. The van der Waals surface area contributed by atoms with E-state index in [-0.39, 0.29) is 5.56 Å². The highest BCUT2D eigenvalue weighted by molar-refractivity contribution is 9.10. The predicted octanol–water partition coefficient (Wildman–Crippen LogP) is 2.47. The first kappa shape index (κ1) is 7.69. The van der Waals surface area contributed by atoms with Gasteiger partial charge in [0.1, 0.15) is 12.4 Å². The average Bonchev–Trinajstić information content (AvgIpc) is 1.94. The molecule has 0 spiro atoms. The molecule has 0 aliphatic rings. The van der Waals surface area contributed by atoms with E-state index < -0.39 is 5.82 Å². The molecule has 0 unspecified atom stereocenters. The Hall–Kier alpha value is -0.410. The molecule has 0 saturated heterocycles. The quantitative estimate of drug-likeness (QED) is 0.744. The van der Waals surface area contributed by atoms with Crippen LogP contribution >= 0.6 is 15.9 Å². The first-order valence-corrected chi connectivity index (χ1v) is 3.46. The summed E-state index contributed by atoms with van der Waals surface area (Å²) >= 11 is 3.14. The van der Waals surface area contributed by atoms with Crippen molar-refractivity contribution in [3.8, 4) is 0 Å². The molecule has 0 atom stereocenters. The van der Waals surface area contributed by atoms with Gasteiger partial charge in [0.05, 0.1) is 0 Å². The van der Waals surface area contributed by atoms with Crippen LogP contribution in [0.2, 0.25) is 0 Å². The molecule has 1 radical (unpaired) electrons. The van der Waals surface area contributed by atoms with Crippen molar-refractivity contribution in [3.63, 3.8) is 0 Å². The number of benzene rings is 1. The van der Waals surface area contributed by atoms with E-state index in [0.717, 1.165) is 11.1 Å². The molecule has 1 aromatic rings. The van der Waals surface area contributed by atoms with Crippen LogP contribution in [-0.2, 0) is 0 Å². The number of aliphatic hydroxyl groups is 1. The Balaban J connectivity index is 3.09. The number of hydrogen-bond donors (Lipinski definition) is 1. The average molecular weight is 204 g/mol. The fourth-order valence-corrected chi connectivity index (χ4v) is 0.992. The van der Waals surface area contributed by atoms with Gasteiger partial charge in [0.2, 0.25) is 0 Å². The van der Waals surface area contributed by atoms with Crippen molar-refractivity contribution < 1.29 is 9.50 Å². The Morgan fingerprint density at radius 2 is 2.20 bits per heavy atom. The molecule has 10 heavy (non-hydrogen) atoms. The first-order chi connectivity index (χ1) is 4.74. The van der Waals surface area contributed by atoms with Crippen LogP contribution in [0, 0.1) is 12.4 Å². The van der Waals surface area contributed by atoms with Crippen LogP contribution in [0.4, 0.5) is 4.39 Å². The molecule has 53 valence electrons. The highest BCUT2D eigenvalue weighted by atomic mass is 79.9. The van der Waals surface area contributed by atoms with Gasteiger partial charge >= 0.3 is 0 Å². The van der Waals surface area contributed by atoms with E-state index in [4.69, 9.17) is 5.11 Å². The zero-order chi connectivity index (χ0) is 7.56. The van der Waals surface area contributed by atoms with Crippen LogP contribution in [0.1, 0.15) is 5.56 Å². The van der Waals surface area contributed by atoms with Gasteiger partial charge in [-0.3, -0.25) is 0 Å². The minimum absolute atomic E-state index is 0.189. The van der Waals surface area contributed by atoms with Gasteiger partial charge in [0.15, 0.2) is 0 Å². The summed E-state index contributed by atoms with van der Waals surface area (Å²) in [6.07, 6.45) is 0. The molecular formula is C7H5BrFO. The third kappa shape index (κ3) is 1.55. The second kappa shape index (κ2) is 3.12. The zero-order valence-electron chi connectivity index (χ0n) is 5.01. The molecule has 0 aliphatic carbocycles. The van der Waals surface area contributed by atoms with Crippen LogP contribution in [0.5, 0.6) is 0 Å². The molecule has 1 N–H and O–H groups in total. The van der Waals surface area contributed by atoms with Crippen LogP contribution < -0.4 is 0 Å². The Morgan fingerprint density at radius 1 is 1.50 bits per heavy atom. The van der Waals surface area contributed by atoms with E-state index in [1.54, 1.807) is 6.07 Å². The van der Waals surface area contributed by atoms with Crippen LogP contribution in [0.15, 0.2) is 22.7 Å².